The summed E-state index contributed by atoms with van der Waals surface area (Å²) in [5, 5.41) is 9.65. The smallest absolute Gasteiger partial charge is 0.0448 e. The van der Waals surface area contributed by atoms with Crippen LogP contribution in [-0.2, 0) is 0 Å². The van der Waals surface area contributed by atoms with Gasteiger partial charge in [0.25, 0.3) is 0 Å². The molecular formula is C30H62ClNO. The summed E-state index contributed by atoms with van der Waals surface area (Å²) in [5.41, 5.74) is 0.266. The SMILES string of the molecule is CCCCCCCCCCCCCCCCCCCCC1CCCCC1(CCO)N(C)C.Cl. The minimum absolute atomic E-state index is 0. The Morgan fingerprint density at radius 1 is 0.667 bits per heavy atom. The summed E-state index contributed by atoms with van der Waals surface area (Å²) >= 11 is 0. The fraction of sp³-hybridized carbons (Fsp3) is 1.00. The number of halogens is 1. The lowest BCUT2D eigenvalue weighted by molar-refractivity contribution is 0.00949. The van der Waals surface area contributed by atoms with E-state index in [0.717, 1.165) is 12.3 Å². The quantitative estimate of drug-likeness (QED) is 0.153. The highest BCUT2D eigenvalue weighted by atomic mass is 35.5. The van der Waals surface area contributed by atoms with Crippen molar-refractivity contribution in [3.8, 4) is 0 Å². The molecule has 0 aromatic carbocycles. The maximum atomic E-state index is 9.65. The van der Waals surface area contributed by atoms with E-state index in [-0.39, 0.29) is 17.9 Å². The third-order valence-electron chi connectivity index (χ3n) is 8.51. The van der Waals surface area contributed by atoms with Gasteiger partial charge in [0, 0.05) is 12.1 Å². The van der Waals surface area contributed by atoms with Crippen molar-refractivity contribution in [1.29, 1.82) is 0 Å². The van der Waals surface area contributed by atoms with Crippen molar-refractivity contribution < 1.29 is 5.11 Å². The van der Waals surface area contributed by atoms with Gasteiger partial charge in [-0.1, -0.05) is 135 Å². The van der Waals surface area contributed by atoms with Crippen molar-refractivity contribution in [2.75, 3.05) is 20.7 Å². The Labute approximate surface area is 215 Å². The molecule has 0 aromatic heterocycles. The first kappa shape index (κ1) is 33.2. The zero-order valence-corrected chi connectivity index (χ0v) is 23.9. The van der Waals surface area contributed by atoms with Crippen LogP contribution in [0.1, 0.15) is 161 Å². The fourth-order valence-electron chi connectivity index (χ4n) is 6.34. The van der Waals surface area contributed by atoms with Gasteiger partial charge in [0.2, 0.25) is 0 Å². The largest absolute Gasteiger partial charge is 0.396 e. The Morgan fingerprint density at radius 2 is 1.09 bits per heavy atom. The van der Waals surface area contributed by atoms with Crippen LogP contribution in [0.15, 0.2) is 0 Å². The number of aliphatic hydroxyl groups excluding tert-OH is 1. The molecule has 3 heteroatoms. The molecule has 200 valence electrons. The van der Waals surface area contributed by atoms with E-state index in [0.29, 0.717) is 6.61 Å². The Balaban J connectivity index is 0.0000102. The number of hydrogen-bond donors (Lipinski definition) is 1. The maximum absolute atomic E-state index is 9.65. The van der Waals surface area contributed by atoms with Crippen LogP contribution in [-0.4, -0.2) is 36.2 Å². The van der Waals surface area contributed by atoms with Gasteiger partial charge in [0.15, 0.2) is 0 Å². The number of rotatable bonds is 22. The van der Waals surface area contributed by atoms with Crippen LogP contribution < -0.4 is 0 Å². The maximum Gasteiger partial charge on any atom is 0.0448 e. The van der Waals surface area contributed by atoms with E-state index < -0.39 is 0 Å². The molecule has 0 heterocycles. The molecule has 0 amide bonds. The van der Waals surface area contributed by atoms with Crippen LogP contribution in [0.2, 0.25) is 0 Å². The molecule has 33 heavy (non-hydrogen) atoms. The lowest BCUT2D eigenvalue weighted by Gasteiger charge is -2.49. The van der Waals surface area contributed by atoms with Gasteiger partial charge in [0.1, 0.15) is 0 Å². The average molecular weight is 488 g/mol. The average Bonchev–Trinajstić information content (AvgIpc) is 2.79. The predicted octanol–water partition coefficient (Wildman–Crippen LogP) is 9.71. The first-order valence-corrected chi connectivity index (χ1v) is 15.0. The fourth-order valence-corrected chi connectivity index (χ4v) is 6.34. The Hall–Kier alpha value is 0.210. The molecule has 0 bridgehead atoms. The van der Waals surface area contributed by atoms with E-state index in [2.05, 4.69) is 25.9 Å². The highest BCUT2D eigenvalue weighted by Crippen LogP contribution is 2.42. The lowest BCUT2D eigenvalue weighted by Crippen LogP contribution is -2.52. The number of nitrogens with zero attached hydrogens (tertiary/aromatic N) is 1. The van der Waals surface area contributed by atoms with Gasteiger partial charge in [-0.15, -0.1) is 12.4 Å². The number of hydrogen-bond acceptors (Lipinski definition) is 2. The summed E-state index contributed by atoms with van der Waals surface area (Å²) in [4.78, 5) is 2.45. The molecule has 0 aliphatic heterocycles. The van der Waals surface area contributed by atoms with E-state index in [1.165, 1.54) is 148 Å². The molecule has 0 spiro atoms. The van der Waals surface area contributed by atoms with Crippen LogP contribution in [0, 0.1) is 5.92 Å². The van der Waals surface area contributed by atoms with Gasteiger partial charge in [-0.2, -0.15) is 0 Å². The topological polar surface area (TPSA) is 23.5 Å². The van der Waals surface area contributed by atoms with Crippen LogP contribution in [0.5, 0.6) is 0 Å². The molecule has 0 saturated heterocycles. The Bertz CT molecular complexity index is 399. The van der Waals surface area contributed by atoms with Gasteiger partial charge < -0.3 is 10.0 Å². The molecular weight excluding hydrogens is 426 g/mol. The van der Waals surface area contributed by atoms with Gasteiger partial charge in [-0.3, -0.25) is 0 Å². The van der Waals surface area contributed by atoms with E-state index in [4.69, 9.17) is 0 Å². The molecule has 1 aliphatic carbocycles. The second-order valence-electron chi connectivity index (χ2n) is 11.2. The van der Waals surface area contributed by atoms with Gasteiger partial charge in [-0.05, 0) is 45.7 Å². The third-order valence-corrected chi connectivity index (χ3v) is 8.51. The third kappa shape index (κ3) is 15.0. The van der Waals surface area contributed by atoms with Gasteiger partial charge in [-0.25, -0.2) is 0 Å². The molecule has 0 aromatic rings. The van der Waals surface area contributed by atoms with Crippen molar-refractivity contribution in [3.05, 3.63) is 0 Å². The van der Waals surface area contributed by atoms with E-state index in [1.807, 2.05) is 0 Å². The Kier molecular flexibility index (Phi) is 22.8. The first-order valence-electron chi connectivity index (χ1n) is 15.0. The second-order valence-corrected chi connectivity index (χ2v) is 11.2. The van der Waals surface area contributed by atoms with Crippen molar-refractivity contribution in [1.82, 2.24) is 4.90 Å². The van der Waals surface area contributed by atoms with E-state index in [9.17, 15) is 5.11 Å². The van der Waals surface area contributed by atoms with Crippen molar-refractivity contribution in [3.63, 3.8) is 0 Å². The molecule has 1 rings (SSSR count). The van der Waals surface area contributed by atoms with Crippen LogP contribution in [0.25, 0.3) is 0 Å². The molecule has 1 aliphatic rings. The lowest BCUT2D eigenvalue weighted by atomic mass is 9.68. The second kappa shape index (κ2) is 22.7. The highest BCUT2D eigenvalue weighted by molar-refractivity contribution is 5.85. The Morgan fingerprint density at radius 3 is 1.48 bits per heavy atom. The van der Waals surface area contributed by atoms with Crippen LogP contribution in [0.4, 0.5) is 0 Å². The summed E-state index contributed by atoms with van der Waals surface area (Å²) in [6.07, 6.45) is 33.8. The summed E-state index contributed by atoms with van der Waals surface area (Å²) in [7, 11) is 4.48. The minimum atomic E-state index is 0. The highest BCUT2D eigenvalue weighted by Gasteiger charge is 2.41. The summed E-state index contributed by atoms with van der Waals surface area (Å²) in [6, 6.07) is 0. The van der Waals surface area contributed by atoms with Crippen LogP contribution >= 0.6 is 12.4 Å². The zero-order valence-electron chi connectivity index (χ0n) is 23.1. The number of unbranched alkanes of at least 4 members (excludes halogenated alkanes) is 17. The molecule has 0 radical (unpaired) electrons. The molecule has 1 saturated carbocycles. The van der Waals surface area contributed by atoms with Crippen molar-refractivity contribution in [2.45, 2.75) is 167 Å². The van der Waals surface area contributed by atoms with Gasteiger partial charge >= 0.3 is 0 Å². The van der Waals surface area contributed by atoms with E-state index >= 15 is 0 Å². The number of aliphatic hydroxyl groups is 1. The standard InChI is InChI=1S/C30H61NO.ClH/c1-4-5-6-7-8-9-10-11-12-13-14-15-16-17-18-19-20-21-24-29-25-22-23-26-30(29,27-28-32)31(2)3;/h29,32H,4-28H2,1-3H3;1H. The van der Waals surface area contributed by atoms with Crippen molar-refractivity contribution >= 4 is 12.4 Å². The first-order chi connectivity index (χ1) is 15.7. The van der Waals surface area contributed by atoms with Crippen molar-refractivity contribution in [2.24, 2.45) is 5.92 Å². The molecule has 1 N–H and O–H groups in total. The zero-order chi connectivity index (χ0) is 23.3. The molecule has 2 nitrogen and oxygen atoms in total. The predicted molar refractivity (Wildman–Crippen MR) is 151 cm³/mol. The normalized spacial score (nSPS) is 20.8. The molecule has 2 unspecified atom stereocenters. The summed E-state index contributed by atoms with van der Waals surface area (Å²) < 4.78 is 0. The summed E-state index contributed by atoms with van der Waals surface area (Å²) in [5.74, 6) is 0.791. The molecule has 1 fully saturated rings. The van der Waals surface area contributed by atoms with E-state index in [1.54, 1.807) is 0 Å². The monoisotopic (exact) mass is 487 g/mol. The van der Waals surface area contributed by atoms with Gasteiger partial charge in [0.05, 0.1) is 0 Å². The van der Waals surface area contributed by atoms with Crippen LogP contribution in [0.3, 0.4) is 0 Å². The summed E-state index contributed by atoms with van der Waals surface area (Å²) in [6.45, 7) is 2.64. The minimum Gasteiger partial charge on any atom is -0.396 e. The molecule has 2 atom stereocenters.